The summed E-state index contributed by atoms with van der Waals surface area (Å²) in [5.74, 6) is 1.18. The molecule has 2 aliphatic rings. The Bertz CT molecular complexity index is 1180. The third kappa shape index (κ3) is 4.33. The summed E-state index contributed by atoms with van der Waals surface area (Å²) in [7, 11) is 0. The Kier molecular flexibility index (Phi) is 6.28. The van der Waals surface area contributed by atoms with Crippen molar-refractivity contribution in [1.82, 2.24) is 24.4 Å². The molecular weight excluding hydrogens is 535 g/mol. The van der Waals surface area contributed by atoms with Crippen LogP contribution in [0.15, 0.2) is 28.5 Å². The van der Waals surface area contributed by atoms with Crippen LogP contribution in [-0.2, 0) is 24.2 Å². The summed E-state index contributed by atoms with van der Waals surface area (Å²) >= 11 is 4.13. The van der Waals surface area contributed by atoms with Crippen LogP contribution in [0.5, 0.6) is 0 Å². The zero-order valence-electron chi connectivity index (χ0n) is 18.2. The first-order valence-electron chi connectivity index (χ1n) is 11.2. The van der Waals surface area contributed by atoms with Crippen LogP contribution in [0, 0.1) is 9.49 Å². The maximum absolute atomic E-state index is 11.6. The van der Waals surface area contributed by atoms with Gasteiger partial charge in [0.15, 0.2) is 22.1 Å². The molecule has 168 valence electrons. The Balaban J connectivity index is 1.38. The maximum atomic E-state index is 11.6. The van der Waals surface area contributed by atoms with Gasteiger partial charge in [0.2, 0.25) is 5.91 Å². The smallest absolute Gasteiger partial charge is 0.219 e. The van der Waals surface area contributed by atoms with E-state index in [9.17, 15) is 4.79 Å². The molecule has 0 saturated carbocycles. The van der Waals surface area contributed by atoms with Crippen LogP contribution >= 0.6 is 34.4 Å². The summed E-state index contributed by atoms with van der Waals surface area (Å²) in [6, 6.07) is 4.66. The molecular formula is C23H27IN6OS. The third-order valence-electron chi connectivity index (χ3n) is 6.60. The lowest BCUT2D eigenvalue weighted by atomic mass is 10.0. The quantitative estimate of drug-likeness (QED) is 0.451. The van der Waals surface area contributed by atoms with E-state index in [2.05, 4.69) is 49.3 Å². The Morgan fingerprint density at radius 2 is 2.09 bits per heavy atom. The fourth-order valence-electron chi connectivity index (χ4n) is 4.85. The fraction of sp³-hybridized carbons (Fsp3) is 0.478. The normalized spacial score (nSPS) is 17.9. The number of nitrogens with two attached hydrogens (primary N) is 1. The number of aryl methyl sites for hydroxylation is 3. The topological polar surface area (TPSA) is 89.9 Å². The number of nitrogens with zero attached hydrogens (tertiary/aromatic N) is 5. The summed E-state index contributed by atoms with van der Waals surface area (Å²) in [5.41, 5.74) is 10.6. The van der Waals surface area contributed by atoms with Crippen molar-refractivity contribution in [3.8, 4) is 0 Å². The summed E-state index contributed by atoms with van der Waals surface area (Å²) in [4.78, 5) is 28.3. The zero-order valence-corrected chi connectivity index (χ0v) is 21.2. The van der Waals surface area contributed by atoms with E-state index in [0.717, 1.165) is 56.1 Å². The minimum absolute atomic E-state index is 0.183. The SMILES string of the molecule is CC(=O)N1CCC(CCCn2c(Sc3cc4c(cc3I)CCC4)nc3c(N)ncnc32)C1. The van der Waals surface area contributed by atoms with Gasteiger partial charge in [0, 0.05) is 35.0 Å². The van der Waals surface area contributed by atoms with E-state index >= 15 is 0 Å². The van der Waals surface area contributed by atoms with Crippen molar-refractivity contribution in [3.63, 3.8) is 0 Å². The van der Waals surface area contributed by atoms with Crippen molar-refractivity contribution < 1.29 is 4.79 Å². The van der Waals surface area contributed by atoms with Gasteiger partial charge in [-0.25, -0.2) is 15.0 Å². The van der Waals surface area contributed by atoms with Crippen LogP contribution in [-0.4, -0.2) is 43.4 Å². The van der Waals surface area contributed by atoms with E-state index in [0.29, 0.717) is 17.3 Å². The van der Waals surface area contributed by atoms with Gasteiger partial charge >= 0.3 is 0 Å². The molecule has 1 saturated heterocycles. The summed E-state index contributed by atoms with van der Waals surface area (Å²) in [6.07, 6.45) is 8.30. The van der Waals surface area contributed by atoms with Crippen LogP contribution in [0.25, 0.3) is 11.2 Å². The number of hydrogen-bond donors (Lipinski definition) is 1. The monoisotopic (exact) mass is 562 g/mol. The van der Waals surface area contributed by atoms with E-state index in [1.165, 1.54) is 38.8 Å². The van der Waals surface area contributed by atoms with Crippen molar-refractivity contribution in [2.45, 2.75) is 62.0 Å². The fourth-order valence-corrected chi connectivity index (χ4v) is 6.69. The first-order valence-corrected chi connectivity index (χ1v) is 13.1. The minimum Gasteiger partial charge on any atom is -0.382 e. The van der Waals surface area contributed by atoms with Crippen molar-refractivity contribution >= 4 is 57.2 Å². The number of halogens is 1. The van der Waals surface area contributed by atoms with E-state index in [1.807, 2.05) is 4.90 Å². The average molecular weight is 562 g/mol. The Morgan fingerprint density at radius 3 is 2.88 bits per heavy atom. The molecule has 1 amide bonds. The number of hydrogen-bond acceptors (Lipinski definition) is 6. The lowest BCUT2D eigenvalue weighted by molar-refractivity contribution is -0.127. The highest BCUT2D eigenvalue weighted by Crippen LogP contribution is 2.37. The lowest BCUT2D eigenvalue weighted by Crippen LogP contribution is -2.25. The maximum Gasteiger partial charge on any atom is 0.219 e. The van der Waals surface area contributed by atoms with Crippen LogP contribution in [0.2, 0.25) is 0 Å². The number of carbonyl (C=O) groups excluding carboxylic acids is 1. The van der Waals surface area contributed by atoms with Crippen molar-refractivity contribution in [2.24, 2.45) is 5.92 Å². The zero-order chi connectivity index (χ0) is 22.2. The molecule has 1 unspecified atom stereocenters. The van der Waals surface area contributed by atoms with Gasteiger partial charge in [0.25, 0.3) is 0 Å². The van der Waals surface area contributed by atoms with Gasteiger partial charge < -0.3 is 15.2 Å². The standard InChI is InChI=1S/C23H27IN6OS/c1-14(31)29-9-7-15(12-29)4-3-8-30-22-20(21(25)26-13-27-22)28-23(30)32-19-11-17-6-2-5-16(17)10-18(19)24/h10-11,13,15H,2-9,12H2,1H3,(H2,25,26,27). The van der Waals surface area contributed by atoms with Crippen LogP contribution in [0.3, 0.4) is 0 Å². The molecule has 2 aromatic heterocycles. The van der Waals surface area contributed by atoms with E-state index in [4.69, 9.17) is 10.7 Å². The Labute approximate surface area is 205 Å². The third-order valence-corrected chi connectivity index (χ3v) is 8.91. The van der Waals surface area contributed by atoms with Crippen molar-refractivity contribution in [1.29, 1.82) is 0 Å². The highest BCUT2D eigenvalue weighted by Gasteiger charge is 2.24. The van der Waals surface area contributed by atoms with E-state index in [1.54, 1.807) is 18.7 Å². The molecule has 1 aromatic carbocycles. The minimum atomic E-state index is 0.183. The molecule has 9 heteroatoms. The number of nitrogen functional groups attached to an aromatic ring is 1. The molecule has 1 fully saturated rings. The molecule has 2 N–H and O–H groups in total. The first kappa shape index (κ1) is 21.9. The first-order chi connectivity index (χ1) is 15.5. The lowest BCUT2D eigenvalue weighted by Gasteiger charge is -2.14. The number of amides is 1. The van der Waals surface area contributed by atoms with Crippen LogP contribution in [0.4, 0.5) is 5.82 Å². The second kappa shape index (κ2) is 9.17. The number of likely N-dealkylation sites (tertiary alicyclic amines) is 1. The van der Waals surface area contributed by atoms with Gasteiger partial charge in [0.05, 0.1) is 0 Å². The van der Waals surface area contributed by atoms with Gasteiger partial charge in [-0.15, -0.1) is 0 Å². The molecule has 5 rings (SSSR count). The van der Waals surface area contributed by atoms with Crippen molar-refractivity contribution in [2.75, 3.05) is 18.8 Å². The predicted molar refractivity (Wildman–Crippen MR) is 135 cm³/mol. The van der Waals surface area contributed by atoms with Crippen LogP contribution in [0.1, 0.15) is 43.7 Å². The van der Waals surface area contributed by atoms with E-state index in [-0.39, 0.29) is 5.91 Å². The number of fused-ring (bicyclic) bond motifs is 2. The second-order valence-corrected chi connectivity index (χ2v) is 10.9. The summed E-state index contributed by atoms with van der Waals surface area (Å²) in [5, 5.41) is 0.917. The Morgan fingerprint density at radius 1 is 1.28 bits per heavy atom. The average Bonchev–Trinajstić information content (AvgIpc) is 3.48. The van der Waals surface area contributed by atoms with Gasteiger partial charge in [-0.05, 0) is 90.3 Å². The van der Waals surface area contributed by atoms with Gasteiger partial charge in [-0.1, -0.05) is 11.8 Å². The molecule has 1 aliphatic carbocycles. The van der Waals surface area contributed by atoms with Gasteiger partial charge in [0.1, 0.15) is 6.33 Å². The number of rotatable bonds is 6. The van der Waals surface area contributed by atoms with Gasteiger partial charge in [-0.3, -0.25) is 4.79 Å². The molecule has 7 nitrogen and oxygen atoms in total. The number of aromatic nitrogens is 4. The van der Waals surface area contributed by atoms with Crippen molar-refractivity contribution in [3.05, 3.63) is 33.2 Å². The molecule has 0 spiro atoms. The highest BCUT2D eigenvalue weighted by molar-refractivity contribution is 14.1. The van der Waals surface area contributed by atoms with Crippen LogP contribution < -0.4 is 5.73 Å². The highest BCUT2D eigenvalue weighted by atomic mass is 127. The number of imidazole rings is 1. The molecule has 0 bridgehead atoms. The molecule has 1 aliphatic heterocycles. The number of anilines is 1. The number of benzene rings is 1. The molecule has 3 heterocycles. The molecule has 3 aromatic rings. The number of carbonyl (C=O) groups is 1. The largest absolute Gasteiger partial charge is 0.382 e. The summed E-state index contributed by atoms with van der Waals surface area (Å²) < 4.78 is 3.46. The Hall–Kier alpha value is -1.88. The predicted octanol–water partition coefficient (Wildman–Crippen LogP) is 4.30. The molecule has 1 atom stereocenters. The summed E-state index contributed by atoms with van der Waals surface area (Å²) in [6.45, 7) is 4.25. The second-order valence-electron chi connectivity index (χ2n) is 8.75. The van der Waals surface area contributed by atoms with Gasteiger partial charge in [-0.2, -0.15) is 0 Å². The van der Waals surface area contributed by atoms with E-state index < -0.39 is 0 Å². The molecule has 0 radical (unpaired) electrons. The molecule has 32 heavy (non-hydrogen) atoms.